The number of benzene rings is 3. The largest absolute Gasteiger partial charge is 0.497 e. The summed E-state index contributed by atoms with van der Waals surface area (Å²) in [7, 11) is 1.58. The van der Waals surface area contributed by atoms with E-state index in [4.69, 9.17) is 14.2 Å². The maximum absolute atomic E-state index is 13.0. The first-order valence-corrected chi connectivity index (χ1v) is 12.0. The van der Waals surface area contributed by atoms with Gasteiger partial charge in [-0.25, -0.2) is 4.79 Å². The second kappa shape index (κ2) is 9.63. The van der Waals surface area contributed by atoms with Crippen LogP contribution in [0, 0.1) is 0 Å². The Kier molecular flexibility index (Phi) is 6.35. The lowest BCUT2D eigenvalue weighted by Gasteiger charge is -2.20. The third-order valence-electron chi connectivity index (χ3n) is 6.24. The molecule has 2 heterocycles. The van der Waals surface area contributed by atoms with Crippen LogP contribution in [0.4, 0.5) is 10.5 Å². The minimum Gasteiger partial charge on any atom is -0.497 e. The van der Waals surface area contributed by atoms with Gasteiger partial charge in [0.2, 0.25) is 0 Å². The molecule has 0 saturated carbocycles. The average molecular weight is 501 g/mol. The molecule has 1 amide bonds. The number of aromatic nitrogens is 1. The molecule has 0 radical (unpaired) electrons. The molecule has 0 bridgehead atoms. The third kappa shape index (κ3) is 5.15. The number of methoxy groups -OCH3 is 1. The number of ether oxygens (including phenoxy) is 3. The zero-order valence-electron chi connectivity index (χ0n) is 20.9. The van der Waals surface area contributed by atoms with Crippen LogP contribution < -0.4 is 24.7 Å². The van der Waals surface area contributed by atoms with E-state index in [2.05, 4.69) is 4.98 Å². The first-order valence-electron chi connectivity index (χ1n) is 12.0. The Labute approximate surface area is 214 Å². The van der Waals surface area contributed by atoms with Crippen molar-refractivity contribution in [2.24, 2.45) is 0 Å². The van der Waals surface area contributed by atoms with Crippen molar-refractivity contribution in [3.8, 4) is 28.4 Å². The maximum Gasteiger partial charge on any atom is 0.419 e. The van der Waals surface area contributed by atoms with Crippen LogP contribution in [-0.4, -0.2) is 42.0 Å². The van der Waals surface area contributed by atoms with E-state index >= 15 is 0 Å². The SMILES string of the molecule is COc1ccc2c(=O)[nH]cc(-c3ccc(OC(=O)N4CCc5ccc(OCC(C)(C)O)cc54)cc3)c2c1. The van der Waals surface area contributed by atoms with Crippen molar-refractivity contribution in [2.45, 2.75) is 25.9 Å². The molecule has 0 atom stereocenters. The van der Waals surface area contributed by atoms with E-state index in [9.17, 15) is 14.7 Å². The number of hydrogen-bond donors (Lipinski definition) is 2. The number of anilines is 1. The summed E-state index contributed by atoms with van der Waals surface area (Å²) in [4.78, 5) is 29.7. The lowest BCUT2D eigenvalue weighted by molar-refractivity contribution is 0.0285. The van der Waals surface area contributed by atoms with Gasteiger partial charge in [0.25, 0.3) is 5.56 Å². The van der Waals surface area contributed by atoms with E-state index in [0.717, 1.165) is 34.2 Å². The highest BCUT2D eigenvalue weighted by molar-refractivity contribution is 5.97. The van der Waals surface area contributed by atoms with Gasteiger partial charge in [0.05, 0.1) is 18.4 Å². The lowest BCUT2D eigenvalue weighted by atomic mass is 10.0. The van der Waals surface area contributed by atoms with Gasteiger partial charge in [-0.2, -0.15) is 0 Å². The number of nitrogens with zero attached hydrogens (tertiary/aromatic N) is 1. The van der Waals surface area contributed by atoms with Gasteiger partial charge in [-0.1, -0.05) is 18.2 Å². The summed E-state index contributed by atoms with van der Waals surface area (Å²) in [5, 5.41) is 11.3. The van der Waals surface area contributed by atoms with Crippen LogP contribution in [0.15, 0.2) is 71.7 Å². The second-order valence-corrected chi connectivity index (χ2v) is 9.63. The number of nitrogens with one attached hydrogen (secondary N) is 1. The van der Waals surface area contributed by atoms with Crippen LogP contribution in [0.5, 0.6) is 17.2 Å². The number of rotatable bonds is 6. The van der Waals surface area contributed by atoms with E-state index in [1.165, 1.54) is 0 Å². The Bertz CT molecular complexity index is 1520. The van der Waals surface area contributed by atoms with Gasteiger partial charge in [-0.05, 0) is 67.8 Å². The standard InChI is InChI=1S/C29H28N2O6/c1-29(2,34)17-36-22-9-6-19-12-13-31(26(19)15-22)28(33)37-20-7-4-18(5-8-20)25-16-30-27(32)23-11-10-21(35-3)14-24(23)25/h4-11,14-16,34H,12-13,17H2,1-3H3,(H,30,32). The highest BCUT2D eigenvalue weighted by Crippen LogP contribution is 2.34. The third-order valence-corrected chi connectivity index (χ3v) is 6.24. The first-order chi connectivity index (χ1) is 17.7. The van der Waals surface area contributed by atoms with Crippen molar-refractivity contribution >= 4 is 22.6 Å². The molecule has 0 unspecified atom stereocenters. The van der Waals surface area contributed by atoms with Crippen LogP contribution in [0.1, 0.15) is 19.4 Å². The number of carbonyl (C=O) groups is 1. The smallest absolute Gasteiger partial charge is 0.419 e. The molecule has 190 valence electrons. The molecular formula is C29H28N2O6. The van der Waals surface area contributed by atoms with Crippen molar-refractivity contribution in [1.82, 2.24) is 4.98 Å². The summed E-state index contributed by atoms with van der Waals surface area (Å²) in [6.45, 7) is 3.99. The maximum atomic E-state index is 13.0. The summed E-state index contributed by atoms with van der Waals surface area (Å²) in [6, 6.07) is 18.0. The van der Waals surface area contributed by atoms with Crippen LogP contribution in [0.3, 0.4) is 0 Å². The molecule has 4 aromatic rings. The predicted molar refractivity (Wildman–Crippen MR) is 142 cm³/mol. The molecule has 2 N–H and O–H groups in total. The molecule has 0 fully saturated rings. The summed E-state index contributed by atoms with van der Waals surface area (Å²) >= 11 is 0. The van der Waals surface area contributed by atoms with E-state index < -0.39 is 11.7 Å². The molecule has 0 spiro atoms. The van der Waals surface area contributed by atoms with Gasteiger partial charge in [0.1, 0.15) is 23.9 Å². The number of carbonyl (C=O) groups excluding carboxylic acids is 1. The van der Waals surface area contributed by atoms with Crippen LogP contribution >= 0.6 is 0 Å². The number of aliphatic hydroxyl groups is 1. The Morgan fingerprint density at radius 1 is 1.00 bits per heavy atom. The summed E-state index contributed by atoms with van der Waals surface area (Å²) in [5.74, 6) is 1.64. The van der Waals surface area contributed by atoms with Crippen molar-refractivity contribution in [2.75, 3.05) is 25.2 Å². The first kappa shape index (κ1) is 24.4. The van der Waals surface area contributed by atoms with Gasteiger partial charge in [-0.15, -0.1) is 0 Å². The normalized spacial score (nSPS) is 12.9. The van der Waals surface area contributed by atoms with Crippen molar-refractivity contribution in [3.05, 3.63) is 82.8 Å². The Balaban J connectivity index is 1.34. The van der Waals surface area contributed by atoms with Gasteiger partial charge < -0.3 is 24.3 Å². The zero-order chi connectivity index (χ0) is 26.2. The summed E-state index contributed by atoms with van der Waals surface area (Å²) in [5.41, 5.74) is 2.32. The molecule has 0 aliphatic carbocycles. The molecule has 1 aliphatic heterocycles. The molecule has 1 aromatic heterocycles. The van der Waals surface area contributed by atoms with Crippen LogP contribution in [0.25, 0.3) is 21.9 Å². The molecule has 0 saturated heterocycles. The van der Waals surface area contributed by atoms with Crippen molar-refractivity contribution in [1.29, 1.82) is 0 Å². The number of aromatic amines is 1. The lowest BCUT2D eigenvalue weighted by Crippen LogP contribution is -2.32. The predicted octanol–water partition coefficient (Wildman–Crippen LogP) is 4.91. The fourth-order valence-electron chi connectivity index (χ4n) is 4.36. The summed E-state index contributed by atoms with van der Waals surface area (Å²) in [6.07, 6.45) is 1.91. The Hall–Kier alpha value is -4.30. The molecule has 1 aliphatic rings. The van der Waals surface area contributed by atoms with Gasteiger partial charge in [-0.3, -0.25) is 9.69 Å². The van der Waals surface area contributed by atoms with Gasteiger partial charge in [0.15, 0.2) is 0 Å². The fourth-order valence-corrected chi connectivity index (χ4v) is 4.36. The molecule has 8 heteroatoms. The Morgan fingerprint density at radius 3 is 2.46 bits per heavy atom. The number of H-pyrrole nitrogens is 1. The molecule has 3 aromatic carbocycles. The van der Waals surface area contributed by atoms with E-state index in [0.29, 0.717) is 29.2 Å². The highest BCUT2D eigenvalue weighted by atomic mass is 16.6. The van der Waals surface area contributed by atoms with E-state index in [-0.39, 0.29) is 12.2 Å². The summed E-state index contributed by atoms with van der Waals surface area (Å²) < 4.78 is 16.7. The number of hydrogen-bond acceptors (Lipinski definition) is 6. The Morgan fingerprint density at radius 2 is 1.73 bits per heavy atom. The van der Waals surface area contributed by atoms with Gasteiger partial charge in [0, 0.05) is 35.1 Å². The number of pyridine rings is 1. The minimum atomic E-state index is -0.961. The molecule has 5 rings (SSSR count). The highest BCUT2D eigenvalue weighted by Gasteiger charge is 2.27. The number of fused-ring (bicyclic) bond motifs is 2. The van der Waals surface area contributed by atoms with Gasteiger partial charge >= 0.3 is 6.09 Å². The van der Waals surface area contributed by atoms with E-state index in [1.807, 2.05) is 30.3 Å². The van der Waals surface area contributed by atoms with Crippen molar-refractivity contribution < 1.29 is 24.1 Å². The quantitative estimate of drug-likeness (QED) is 0.390. The fraction of sp³-hybridized carbons (Fsp3) is 0.241. The molecular weight excluding hydrogens is 472 g/mol. The van der Waals surface area contributed by atoms with E-state index in [1.54, 1.807) is 62.4 Å². The topological polar surface area (TPSA) is 101 Å². The zero-order valence-corrected chi connectivity index (χ0v) is 20.9. The second-order valence-electron chi connectivity index (χ2n) is 9.63. The van der Waals surface area contributed by atoms with Crippen molar-refractivity contribution in [3.63, 3.8) is 0 Å². The molecule has 8 nitrogen and oxygen atoms in total. The minimum absolute atomic E-state index is 0.139. The number of amides is 1. The monoisotopic (exact) mass is 500 g/mol. The average Bonchev–Trinajstić information content (AvgIpc) is 3.31. The van der Waals surface area contributed by atoms with Crippen LogP contribution in [0.2, 0.25) is 0 Å². The molecule has 37 heavy (non-hydrogen) atoms. The van der Waals surface area contributed by atoms with Crippen LogP contribution in [-0.2, 0) is 6.42 Å².